The maximum Gasteiger partial charge on any atom is 0.220 e. The van der Waals surface area contributed by atoms with Crippen LogP contribution < -0.4 is 24.8 Å². The van der Waals surface area contributed by atoms with Crippen molar-refractivity contribution < 1.29 is 19.0 Å². The molecule has 1 aromatic carbocycles. The topological polar surface area (TPSA) is 68.8 Å². The van der Waals surface area contributed by atoms with Gasteiger partial charge in [0.2, 0.25) is 11.7 Å². The summed E-state index contributed by atoms with van der Waals surface area (Å²) in [5, 5.41) is 6.08. The van der Waals surface area contributed by atoms with E-state index < -0.39 is 0 Å². The van der Waals surface area contributed by atoms with Crippen LogP contribution >= 0.6 is 0 Å². The number of benzene rings is 1. The van der Waals surface area contributed by atoms with Gasteiger partial charge in [-0.2, -0.15) is 0 Å². The predicted octanol–water partition coefficient (Wildman–Crippen LogP) is 0.938. The summed E-state index contributed by atoms with van der Waals surface area (Å²) in [6.45, 7) is 2.30. The van der Waals surface area contributed by atoms with Crippen LogP contribution in [0.2, 0.25) is 0 Å². The lowest BCUT2D eigenvalue weighted by Crippen LogP contribution is -2.44. The van der Waals surface area contributed by atoms with E-state index in [1.54, 1.807) is 21.3 Å². The highest BCUT2D eigenvalue weighted by Gasteiger charge is 2.20. The number of carbonyl (C=O) groups excluding carboxylic acids is 1. The lowest BCUT2D eigenvalue weighted by molar-refractivity contribution is -0.122. The van der Waals surface area contributed by atoms with Crippen LogP contribution in [0.5, 0.6) is 17.2 Å². The number of ether oxygens (including phenoxy) is 3. The zero-order valence-corrected chi connectivity index (χ0v) is 12.7. The summed E-state index contributed by atoms with van der Waals surface area (Å²) in [5.74, 6) is 2.25. The van der Waals surface area contributed by atoms with Crippen molar-refractivity contribution in [3.05, 3.63) is 17.7 Å². The Hall–Kier alpha value is -1.95. The maximum atomic E-state index is 11.8. The van der Waals surface area contributed by atoms with E-state index in [1.165, 1.54) is 0 Å². The number of methoxy groups -OCH3 is 3. The minimum atomic E-state index is 0.0650. The molecule has 1 heterocycles. The summed E-state index contributed by atoms with van der Waals surface area (Å²) in [4.78, 5) is 11.8. The quantitative estimate of drug-likeness (QED) is 0.783. The number of hydrogen-bond donors (Lipinski definition) is 2. The monoisotopic (exact) mass is 294 g/mol. The van der Waals surface area contributed by atoms with Crippen molar-refractivity contribution in [2.24, 2.45) is 5.92 Å². The molecule has 0 atom stereocenters. The van der Waals surface area contributed by atoms with Crippen molar-refractivity contribution in [2.45, 2.75) is 13.0 Å². The van der Waals surface area contributed by atoms with Crippen LogP contribution in [-0.2, 0) is 11.3 Å². The fraction of sp³-hybridized carbons (Fsp3) is 0.533. The van der Waals surface area contributed by atoms with Crippen LogP contribution in [0.15, 0.2) is 12.1 Å². The molecule has 1 fully saturated rings. The highest BCUT2D eigenvalue weighted by molar-refractivity contribution is 5.76. The molecule has 1 aliphatic rings. The molecule has 0 saturated carbocycles. The smallest absolute Gasteiger partial charge is 0.220 e. The minimum Gasteiger partial charge on any atom is -0.493 e. The fourth-order valence-corrected chi connectivity index (χ4v) is 2.27. The molecule has 2 rings (SSSR count). The highest BCUT2D eigenvalue weighted by Crippen LogP contribution is 2.38. The first-order valence-electron chi connectivity index (χ1n) is 6.94. The number of hydrogen-bond acceptors (Lipinski definition) is 5. The van der Waals surface area contributed by atoms with E-state index in [1.807, 2.05) is 12.1 Å². The molecular formula is C15H22N2O4. The normalized spacial score (nSPS) is 14.2. The van der Waals surface area contributed by atoms with E-state index in [4.69, 9.17) is 14.2 Å². The first kappa shape index (κ1) is 15.4. The first-order chi connectivity index (χ1) is 10.2. The van der Waals surface area contributed by atoms with E-state index in [0.717, 1.165) is 18.7 Å². The van der Waals surface area contributed by atoms with Crippen LogP contribution in [0.25, 0.3) is 0 Å². The second-order valence-electron chi connectivity index (χ2n) is 5.04. The highest BCUT2D eigenvalue weighted by atomic mass is 16.5. The van der Waals surface area contributed by atoms with Gasteiger partial charge in [-0.25, -0.2) is 0 Å². The number of carbonyl (C=O) groups is 1. The van der Waals surface area contributed by atoms with E-state index in [2.05, 4.69) is 10.6 Å². The third kappa shape index (κ3) is 3.78. The summed E-state index contributed by atoms with van der Waals surface area (Å²) >= 11 is 0. The number of amides is 1. The molecule has 6 heteroatoms. The Bertz CT molecular complexity index is 475. The molecule has 0 aromatic heterocycles. The van der Waals surface area contributed by atoms with Gasteiger partial charge in [0.1, 0.15) is 0 Å². The van der Waals surface area contributed by atoms with Gasteiger partial charge in [-0.05, 0) is 36.7 Å². The molecule has 1 amide bonds. The Morgan fingerprint density at radius 2 is 1.81 bits per heavy atom. The Balaban J connectivity index is 2.00. The molecule has 1 aliphatic heterocycles. The van der Waals surface area contributed by atoms with Gasteiger partial charge in [0.25, 0.3) is 0 Å². The molecule has 2 N–H and O–H groups in total. The predicted molar refractivity (Wildman–Crippen MR) is 78.9 cm³/mol. The SMILES string of the molecule is COc1cc(CNC(=O)CC2CNC2)cc(OC)c1OC. The van der Waals surface area contributed by atoms with Gasteiger partial charge in [-0.3, -0.25) is 4.79 Å². The summed E-state index contributed by atoms with van der Waals surface area (Å²) in [7, 11) is 4.71. The lowest BCUT2D eigenvalue weighted by Gasteiger charge is -2.26. The molecule has 1 aromatic rings. The van der Waals surface area contributed by atoms with Gasteiger partial charge >= 0.3 is 0 Å². The van der Waals surface area contributed by atoms with Crippen LogP contribution in [-0.4, -0.2) is 40.3 Å². The third-order valence-electron chi connectivity index (χ3n) is 3.55. The summed E-state index contributed by atoms with van der Waals surface area (Å²) in [6.07, 6.45) is 0.567. The zero-order chi connectivity index (χ0) is 15.2. The molecule has 0 radical (unpaired) electrons. The largest absolute Gasteiger partial charge is 0.493 e. The van der Waals surface area contributed by atoms with Gasteiger partial charge in [-0.1, -0.05) is 0 Å². The number of nitrogens with one attached hydrogen (secondary N) is 2. The second kappa shape index (κ2) is 7.17. The molecule has 21 heavy (non-hydrogen) atoms. The van der Waals surface area contributed by atoms with Crippen LogP contribution in [0, 0.1) is 5.92 Å². The van der Waals surface area contributed by atoms with Crippen LogP contribution in [0.4, 0.5) is 0 Å². The molecule has 116 valence electrons. The fourth-order valence-electron chi connectivity index (χ4n) is 2.27. The van der Waals surface area contributed by atoms with Crippen molar-refractivity contribution in [1.82, 2.24) is 10.6 Å². The van der Waals surface area contributed by atoms with Crippen molar-refractivity contribution in [3.8, 4) is 17.2 Å². The van der Waals surface area contributed by atoms with E-state index in [0.29, 0.717) is 36.1 Å². The summed E-state index contributed by atoms with van der Waals surface area (Å²) in [6, 6.07) is 3.68. The zero-order valence-electron chi connectivity index (χ0n) is 12.7. The van der Waals surface area contributed by atoms with Crippen molar-refractivity contribution in [3.63, 3.8) is 0 Å². The van der Waals surface area contributed by atoms with Gasteiger partial charge in [0.15, 0.2) is 11.5 Å². The number of rotatable bonds is 7. The van der Waals surface area contributed by atoms with Gasteiger partial charge < -0.3 is 24.8 Å². The molecule has 0 unspecified atom stereocenters. The van der Waals surface area contributed by atoms with Gasteiger partial charge in [-0.15, -0.1) is 0 Å². The third-order valence-corrected chi connectivity index (χ3v) is 3.55. The molecule has 0 bridgehead atoms. The molecule has 6 nitrogen and oxygen atoms in total. The lowest BCUT2D eigenvalue weighted by atomic mass is 9.99. The standard InChI is InChI=1S/C15H22N2O4/c1-19-12-4-10(5-13(20-2)15(12)21-3)9-17-14(18)6-11-7-16-8-11/h4-5,11,16H,6-9H2,1-3H3,(H,17,18). The second-order valence-corrected chi connectivity index (χ2v) is 5.04. The van der Waals surface area contributed by atoms with Crippen molar-refractivity contribution in [2.75, 3.05) is 34.4 Å². The summed E-state index contributed by atoms with van der Waals surface area (Å²) in [5.41, 5.74) is 0.907. The van der Waals surface area contributed by atoms with Crippen molar-refractivity contribution >= 4 is 5.91 Å². The molecule has 0 aliphatic carbocycles. The maximum absolute atomic E-state index is 11.8. The average Bonchev–Trinajstić information content (AvgIpc) is 2.47. The Morgan fingerprint density at radius 3 is 2.24 bits per heavy atom. The Kier molecular flexibility index (Phi) is 5.27. The minimum absolute atomic E-state index is 0.0650. The van der Waals surface area contributed by atoms with E-state index >= 15 is 0 Å². The molecule has 0 spiro atoms. The van der Waals surface area contributed by atoms with Crippen molar-refractivity contribution in [1.29, 1.82) is 0 Å². The van der Waals surface area contributed by atoms with Crippen LogP contribution in [0.1, 0.15) is 12.0 Å². The molecular weight excluding hydrogens is 272 g/mol. The summed E-state index contributed by atoms with van der Waals surface area (Å²) < 4.78 is 15.9. The first-order valence-corrected chi connectivity index (χ1v) is 6.94. The Morgan fingerprint density at radius 1 is 1.19 bits per heavy atom. The molecule has 1 saturated heterocycles. The van der Waals surface area contributed by atoms with E-state index in [9.17, 15) is 4.79 Å². The average molecular weight is 294 g/mol. The van der Waals surface area contributed by atoms with E-state index in [-0.39, 0.29) is 5.91 Å². The van der Waals surface area contributed by atoms with Crippen LogP contribution in [0.3, 0.4) is 0 Å². The Labute approximate surface area is 124 Å². The van der Waals surface area contributed by atoms with Gasteiger partial charge in [0.05, 0.1) is 21.3 Å². The van der Waals surface area contributed by atoms with Gasteiger partial charge in [0, 0.05) is 13.0 Å².